The lowest BCUT2D eigenvalue weighted by Crippen LogP contribution is -2.36. The van der Waals surface area contributed by atoms with Crippen LogP contribution in [-0.2, 0) is 14.3 Å². The van der Waals surface area contributed by atoms with Crippen LogP contribution in [0.3, 0.4) is 0 Å². The van der Waals surface area contributed by atoms with Crippen LogP contribution in [-0.4, -0.2) is 49.2 Å². The summed E-state index contributed by atoms with van der Waals surface area (Å²) >= 11 is 0. The first-order valence-electron chi connectivity index (χ1n) is 6.26. The zero-order chi connectivity index (χ0) is 14.4. The Morgan fingerprint density at radius 1 is 1.42 bits per heavy atom. The Hall–Kier alpha value is -1.62. The van der Waals surface area contributed by atoms with E-state index in [-0.39, 0.29) is 24.5 Å². The zero-order valence-corrected chi connectivity index (χ0v) is 11.7. The summed E-state index contributed by atoms with van der Waals surface area (Å²) in [6.45, 7) is 7.41. The van der Waals surface area contributed by atoms with Gasteiger partial charge in [-0.25, -0.2) is 4.79 Å². The molecule has 0 aromatic carbocycles. The van der Waals surface area contributed by atoms with E-state index in [0.717, 1.165) is 0 Å². The number of carbonyl (C=O) groups is 2. The molecule has 1 rings (SSSR count). The van der Waals surface area contributed by atoms with Crippen LogP contribution in [0, 0.1) is 0 Å². The van der Waals surface area contributed by atoms with E-state index in [1.54, 1.807) is 25.0 Å². The summed E-state index contributed by atoms with van der Waals surface area (Å²) in [5.74, 6) is 0.000255. The topological polar surface area (TPSA) is 55.8 Å². The van der Waals surface area contributed by atoms with Gasteiger partial charge in [-0.15, -0.1) is 0 Å². The van der Waals surface area contributed by atoms with Crippen molar-refractivity contribution in [3.63, 3.8) is 0 Å². The van der Waals surface area contributed by atoms with Gasteiger partial charge in [-0.2, -0.15) is 0 Å². The molecule has 2 atom stereocenters. The Morgan fingerprint density at radius 3 is 2.63 bits per heavy atom. The molecule has 1 heterocycles. The number of ketones is 1. The van der Waals surface area contributed by atoms with Crippen molar-refractivity contribution >= 4 is 11.9 Å². The highest BCUT2D eigenvalue weighted by Crippen LogP contribution is 2.23. The summed E-state index contributed by atoms with van der Waals surface area (Å²) in [7, 11) is 1.61. The maximum Gasteiger partial charge on any atom is 0.410 e. The van der Waals surface area contributed by atoms with Crippen LogP contribution in [0.25, 0.3) is 0 Å². The van der Waals surface area contributed by atoms with Crippen molar-refractivity contribution in [2.24, 2.45) is 0 Å². The van der Waals surface area contributed by atoms with E-state index in [0.29, 0.717) is 18.5 Å². The molecule has 19 heavy (non-hydrogen) atoms. The van der Waals surface area contributed by atoms with Crippen molar-refractivity contribution in [2.45, 2.75) is 32.4 Å². The minimum Gasteiger partial charge on any atom is -0.445 e. The summed E-state index contributed by atoms with van der Waals surface area (Å²) in [6, 6.07) is -0.161. The van der Waals surface area contributed by atoms with Gasteiger partial charge in [0.15, 0.2) is 5.78 Å². The molecule has 106 valence electrons. The molecule has 0 spiro atoms. The number of nitrogens with zero attached hydrogens (tertiary/aromatic N) is 1. The van der Waals surface area contributed by atoms with Gasteiger partial charge in [0.25, 0.3) is 0 Å². The zero-order valence-electron chi connectivity index (χ0n) is 11.7. The Morgan fingerprint density at radius 2 is 2.11 bits per heavy atom. The first-order chi connectivity index (χ1) is 8.99. The van der Waals surface area contributed by atoms with E-state index >= 15 is 0 Å². The van der Waals surface area contributed by atoms with E-state index in [1.807, 2.05) is 0 Å². The smallest absolute Gasteiger partial charge is 0.410 e. The van der Waals surface area contributed by atoms with Crippen LogP contribution in [0.5, 0.6) is 0 Å². The second-order valence-corrected chi connectivity index (χ2v) is 4.58. The number of rotatable bonds is 5. The quantitative estimate of drug-likeness (QED) is 0.564. The molecular weight excluding hydrogens is 246 g/mol. The van der Waals surface area contributed by atoms with Crippen LogP contribution >= 0.6 is 0 Å². The number of allylic oxidation sites excluding steroid dienone is 1. The minimum atomic E-state index is -0.406. The lowest BCUT2D eigenvalue weighted by Gasteiger charge is -2.21. The lowest BCUT2D eigenvalue weighted by molar-refractivity contribution is -0.113. The molecule has 0 aromatic heterocycles. The van der Waals surface area contributed by atoms with E-state index in [1.165, 1.54) is 13.0 Å². The summed E-state index contributed by atoms with van der Waals surface area (Å²) < 4.78 is 10.3. The minimum absolute atomic E-state index is 0.000255. The molecule has 1 aliphatic heterocycles. The predicted octanol–water partition coefficient (Wildman–Crippen LogP) is 1.93. The summed E-state index contributed by atoms with van der Waals surface area (Å²) in [6.07, 6.45) is 3.56. The molecule has 0 aromatic rings. The maximum atomic E-state index is 11.9. The number of hydrogen-bond acceptors (Lipinski definition) is 4. The third kappa shape index (κ3) is 4.21. The SMILES string of the molecule is C=CCOC(=O)N1C[C@@H](OC)C[C@H]1C=C(C)C(C)=O. The predicted molar refractivity (Wildman–Crippen MR) is 71.9 cm³/mol. The van der Waals surface area contributed by atoms with E-state index in [2.05, 4.69) is 6.58 Å². The van der Waals surface area contributed by atoms with Gasteiger partial charge in [-0.3, -0.25) is 9.69 Å². The lowest BCUT2D eigenvalue weighted by atomic mass is 10.1. The average Bonchev–Trinajstić information content (AvgIpc) is 2.78. The number of amides is 1. The van der Waals surface area contributed by atoms with Gasteiger partial charge in [0, 0.05) is 7.11 Å². The van der Waals surface area contributed by atoms with Crippen LogP contribution in [0.15, 0.2) is 24.3 Å². The van der Waals surface area contributed by atoms with Crippen molar-refractivity contribution in [3.8, 4) is 0 Å². The first kappa shape index (κ1) is 15.4. The van der Waals surface area contributed by atoms with Gasteiger partial charge in [-0.05, 0) is 25.8 Å². The first-order valence-corrected chi connectivity index (χ1v) is 6.26. The van der Waals surface area contributed by atoms with Gasteiger partial charge in [0.1, 0.15) is 6.61 Å². The van der Waals surface area contributed by atoms with Gasteiger partial charge >= 0.3 is 6.09 Å². The van der Waals surface area contributed by atoms with Crippen LogP contribution < -0.4 is 0 Å². The van der Waals surface area contributed by atoms with Crippen molar-refractivity contribution in [2.75, 3.05) is 20.3 Å². The van der Waals surface area contributed by atoms with Crippen LogP contribution in [0.1, 0.15) is 20.3 Å². The molecule has 0 unspecified atom stereocenters. The van der Waals surface area contributed by atoms with Crippen molar-refractivity contribution in [1.29, 1.82) is 0 Å². The summed E-state index contributed by atoms with van der Waals surface area (Å²) in [5.41, 5.74) is 0.642. The van der Waals surface area contributed by atoms with Gasteiger partial charge in [0.05, 0.1) is 18.7 Å². The Balaban J connectivity index is 2.80. The second kappa shape index (κ2) is 7.09. The van der Waals surface area contributed by atoms with E-state index in [4.69, 9.17) is 9.47 Å². The highest BCUT2D eigenvalue weighted by atomic mass is 16.6. The summed E-state index contributed by atoms with van der Waals surface area (Å²) in [4.78, 5) is 24.8. The second-order valence-electron chi connectivity index (χ2n) is 4.58. The van der Waals surface area contributed by atoms with Crippen LogP contribution in [0.2, 0.25) is 0 Å². The third-order valence-electron chi connectivity index (χ3n) is 3.20. The molecule has 0 bridgehead atoms. The molecule has 5 heteroatoms. The standard InChI is InChI=1S/C14H21NO4/c1-5-6-19-14(17)15-9-13(18-4)8-12(15)7-10(2)11(3)16/h5,7,12-13H,1,6,8-9H2,2-4H3/t12-,13+/m1/s1. The monoisotopic (exact) mass is 267 g/mol. The molecule has 1 amide bonds. The van der Waals surface area contributed by atoms with Gasteiger partial charge < -0.3 is 9.47 Å². The normalized spacial score (nSPS) is 23.3. The molecule has 1 fully saturated rings. The molecule has 0 aliphatic carbocycles. The van der Waals surface area contributed by atoms with Crippen molar-refractivity contribution < 1.29 is 19.1 Å². The molecule has 0 radical (unpaired) electrons. The summed E-state index contributed by atoms with van der Waals surface area (Å²) in [5, 5.41) is 0. The molecule has 0 saturated carbocycles. The van der Waals surface area contributed by atoms with E-state index < -0.39 is 6.09 Å². The fourth-order valence-electron chi connectivity index (χ4n) is 1.98. The number of ether oxygens (including phenoxy) is 2. The molecular formula is C14H21NO4. The molecule has 1 aliphatic rings. The third-order valence-corrected chi connectivity index (χ3v) is 3.20. The Bertz CT molecular complexity index is 389. The van der Waals surface area contributed by atoms with Crippen LogP contribution in [0.4, 0.5) is 4.79 Å². The van der Waals surface area contributed by atoms with Crippen molar-refractivity contribution in [1.82, 2.24) is 4.90 Å². The highest BCUT2D eigenvalue weighted by Gasteiger charge is 2.35. The fourth-order valence-corrected chi connectivity index (χ4v) is 1.98. The number of carbonyl (C=O) groups excluding carboxylic acids is 2. The number of Topliss-reactive ketones (excluding diaryl/α,β-unsaturated/α-hetero) is 1. The Kier molecular flexibility index (Phi) is 5.76. The highest BCUT2D eigenvalue weighted by molar-refractivity contribution is 5.92. The van der Waals surface area contributed by atoms with Crippen molar-refractivity contribution in [3.05, 3.63) is 24.3 Å². The molecule has 1 saturated heterocycles. The number of hydrogen-bond donors (Lipinski definition) is 0. The van der Waals surface area contributed by atoms with Gasteiger partial charge in [0.2, 0.25) is 0 Å². The molecule has 5 nitrogen and oxygen atoms in total. The molecule has 0 N–H and O–H groups in total. The van der Waals surface area contributed by atoms with Gasteiger partial charge in [-0.1, -0.05) is 18.7 Å². The largest absolute Gasteiger partial charge is 0.445 e. The maximum absolute atomic E-state index is 11.9. The Labute approximate surface area is 113 Å². The number of methoxy groups -OCH3 is 1. The van der Waals surface area contributed by atoms with E-state index in [9.17, 15) is 9.59 Å². The number of likely N-dealkylation sites (tertiary alicyclic amines) is 1. The average molecular weight is 267 g/mol. The fraction of sp³-hybridized carbons (Fsp3) is 0.571.